The van der Waals surface area contributed by atoms with E-state index in [1.165, 1.54) is 12.1 Å². The van der Waals surface area contributed by atoms with Crippen molar-refractivity contribution in [3.63, 3.8) is 0 Å². The zero-order chi connectivity index (χ0) is 13.5. The fourth-order valence-corrected chi connectivity index (χ4v) is 1.51. The molecule has 0 saturated carbocycles. The maximum absolute atomic E-state index is 12.7. The zero-order valence-electron chi connectivity index (χ0n) is 10.2. The largest absolute Gasteiger partial charge is 0.490 e. The molecule has 4 heteroatoms. The van der Waals surface area contributed by atoms with Crippen LogP contribution in [0, 0.1) is 17.1 Å². The van der Waals surface area contributed by atoms with E-state index in [1.807, 2.05) is 6.07 Å². The third-order valence-electron chi connectivity index (χ3n) is 2.40. The summed E-state index contributed by atoms with van der Waals surface area (Å²) in [5.41, 5.74) is 0.553. The van der Waals surface area contributed by atoms with Crippen LogP contribution in [-0.4, -0.2) is 13.2 Å². The van der Waals surface area contributed by atoms with E-state index >= 15 is 0 Å². The number of hydrogen-bond acceptors (Lipinski definition) is 3. The van der Waals surface area contributed by atoms with Gasteiger partial charge in [0, 0.05) is 0 Å². The first-order chi connectivity index (χ1) is 9.28. The molecular weight excluding hydrogens is 245 g/mol. The molecule has 0 spiro atoms. The summed E-state index contributed by atoms with van der Waals surface area (Å²) in [6.07, 6.45) is 0. The fraction of sp³-hybridized carbons (Fsp3) is 0.133. The van der Waals surface area contributed by atoms with Gasteiger partial charge < -0.3 is 9.47 Å². The van der Waals surface area contributed by atoms with Crippen molar-refractivity contribution in [2.24, 2.45) is 0 Å². The molecule has 0 amide bonds. The number of hydrogen-bond donors (Lipinski definition) is 0. The smallest absolute Gasteiger partial charge is 0.123 e. The van der Waals surface area contributed by atoms with E-state index in [-0.39, 0.29) is 5.82 Å². The van der Waals surface area contributed by atoms with Gasteiger partial charge in [0.15, 0.2) is 0 Å². The molecular formula is C15H12FNO2. The molecule has 19 heavy (non-hydrogen) atoms. The highest BCUT2D eigenvalue weighted by Gasteiger charge is 1.97. The topological polar surface area (TPSA) is 42.2 Å². The molecule has 0 unspecified atom stereocenters. The Hall–Kier alpha value is -2.54. The lowest BCUT2D eigenvalue weighted by molar-refractivity contribution is 0.217. The lowest BCUT2D eigenvalue weighted by atomic mass is 10.2. The van der Waals surface area contributed by atoms with Gasteiger partial charge in [-0.2, -0.15) is 5.26 Å². The van der Waals surface area contributed by atoms with Crippen LogP contribution >= 0.6 is 0 Å². The van der Waals surface area contributed by atoms with Crippen LogP contribution < -0.4 is 9.47 Å². The molecule has 2 aromatic rings. The van der Waals surface area contributed by atoms with Crippen molar-refractivity contribution in [1.29, 1.82) is 5.26 Å². The molecule has 0 aromatic heterocycles. The van der Waals surface area contributed by atoms with Gasteiger partial charge in [-0.3, -0.25) is 0 Å². The van der Waals surface area contributed by atoms with Crippen molar-refractivity contribution >= 4 is 0 Å². The van der Waals surface area contributed by atoms with Gasteiger partial charge in [0.25, 0.3) is 0 Å². The molecule has 2 rings (SSSR count). The summed E-state index contributed by atoms with van der Waals surface area (Å²) in [6, 6.07) is 14.8. The third kappa shape index (κ3) is 4.00. The highest BCUT2D eigenvalue weighted by molar-refractivity contribution is 5.36. The summed E-state index contributed by atoms with van der Waals surface area (Å²) >= 11 is 0. The number of halogens is 1. The minimum Gasteiger partial charge on any atom is -0.490 e. The number of rotatable bonds is 5. The average Bonchev–Trinajstić information content (AvgIpc) is 2.46. The third-order valence-corrected chi connectivity index (χ3v) is 2.40. The summed E-state index contributed by atoms with van der Waals surface area (Å²) in [4.78, 5) is 0. The quantitative estimate of drug-likeness (QED) is 0.773. The van der Waals surface area contributed by atoms with Crippen molar-refractivity contribution in [3.05, 3.63) is 59.9 Å². The predicted octanol–water partition coefficient (Wildman–Crippen LogP) is 3.16. The van der Waals surface area contributed by atoms with Crippen molar-refractivity contribution in [2.75, 3.05) is 13.2 Å². The van der Waals surface area contributed by atoms with Crippen LogP contribution in [-0.2, 0) is 0 Å². The molecule has 0 aliphatic heterocycles. The Morgan fingerprint density at radius 1 is 0.947 bits per heavy atom. The van der Waals surface area contributed by atoms with Gasteiger partial charge in [0.2, 0.25) is 0 Å². The van der Waals surface area contributed by atoms with Crippen LogP contribution in [0.25, 0.3) is 0 Å². The number of benzene rings is 2. The molecule has 2 aromatic carbocycles. The van der Waals surface area contributed by atoms with Crippen LogP contribution in [0.4, 0.5) is 4.39 Å². The lowest BCUT2D eigenvalue weighted by Gasteiger charge is -2.08. The molecule has 0 aliphatic carbocycles. The summed E-state index contributed by atoms with van der Waals surface area (Å²) in [7, 11) is 0. The van der Waals surface area contributed by atoms with Crippen molar-refractivity contribution < 1.29 is 13.9 Å². The second-order valence-corrected chi connectivity index (χ2v) is 3.79. The molecule has 0 N–H and O–H groups in total. The van der Waals surface area contributed by atoms with Crippen LogP contribution in [0.15, 0.2) is 48.5 Å². The number of ether oxygens (including phenoxy) is 2. The first kappa shape index (κ1) is 12.9. The van der Waals surface area contributed by atoms with E-state index in [0.717, 1.165) is 0 Å². The van der Waals surface area contributed by atoms with Gasteiger partial charge in [0.05, 0.1) is 11.6 Å². The van der Waals surface area contributed by atoms with Gasteiger partial charge in [-0.05, 0) is 42.5 Å². The van der Waals surface area contributed by atoms with E-state index in [9.17, 15) is 4.39 Å². The van der Waals surface area contributed by atoms with E-state index < -0.39 is 0 Å². The van der Waals surface area contributed by atoms with E-state index in [2.05, 4.69) is 0 Å². The highest BCUT2D eigenvalue weighted by Crippen LogP contribution is 2.13. The number of nitriles is 1. The monoisotopic (exact) mass is 257 g/mol. The Labute approximate surface area is 110 Å². The average molecular weight is 257 g/mol. The van der Waals surface area contributed by atoms with Crippen molar-refractivity contribution in [3.8, 4) is 17.6 Å². The van der Waals surface area contributed by atoms with Gasteiger partial charge in [-0.15, -0.1) is 0 Å². The molecule has 96 valence electrons. The van der Waals surface area contributed by atoms with Gasteiger partial charge in [0.1, 0.15) is 30.5 Å². The Bertz CT molecular complexity index is 575. The summed E-state index contributed by atoms with van der Waals surface area (Å²) in [5, 5.41) is 8.74. The highest BCUT2D eigenvalue weighted by atomic mass is 19.1. The van der Waals surface area contributed by atoms with Gasteiger partial charge >= 0.3 is 0 Å². The molecule has 0 aliphatic rings. The van der Waals surface area contributed by atoms with Crippen LogP contribution in [0.2, 0.25) is 0 Å². The second-order valence-electron chi connectivity index (χ2n) is 3.79. The van der Waals surface area contributed by atoms with E-state index in [0.29, 0.717) is 30.3 Å². The molecule has 0 saturated heterocycles. The first-order valence-electron chi connectivity index (χ1n) is 5.79. The fourth-order valence-electron chi connectivity index (χ4n) is 1.51. The summed E-state index contributed by atoms with van der Waals surface area (Å²) < 4.78 is 23.5. The normalized spacial score (nSPS) is 9.68. The molecule has 0 heterocycles. The summed E-state index contributed by atoms with van der Waals surface area (Å²) in [6.45, 7) is 0.703. The Morgan fingerprint density at radius 3 is 2.32 bits per heavy atom. The van der Waals surface area contributed by atoms with Gasteiger partial charge in [-0.25, -0.2) is 4.39 Å². The molecule has 0 radical (unpaired) electrons. The Kier molecular flexibility index (Phi) is 4.35. The lowest BCUT2D eigenvalue weighted by Crippen LogP contribution is -2.09. The minimum absolute atomic E-state index is 0.295. The van der Waals surface area contributed by atoms with Crippen LogP contribution in [0.3, 0.4) is 0 Å². The van der Waals surface area contributed by atoms with Crippen LogP contribution in [0.5, 0.6) is 11.5 Å². The first-order valence-corrected chi connectivity index (χ1v) is 5.79. The molecule has 3 nitrogen and oxygen atoms in total. The molecule has 0 fully saturated rings. The van der Waals surface area contributed by atoms with Crippen LogP contribution in [0.1, 0.15) is 5.56 Å². The van der Waals surface area contributed by atoms with Crippen molar-refractivity contribution in [2.45, 2.75) is 0 Å². The maximum Gasteiger partial charge on any atom is 0.123 e. The van der Waals surface area contributed by atoms with Crippen molar-refractivity contribution in [1.82, 2.24) is 0 Å². The number of nitrogens with zero attached hydrogens (tertiary/aromatic N) is 1. The van der Waals surface area contributed by atoms with E-state index in [1.54, 1.807) is 36.4 Å². The second kappa shape index (κ2) is 6.41. The predicted molar refractivity (Wildman–Crippen MR) is 68.5 cm³/mol. The molecule has 0 atom stereocenters. The summed E-state index contributed by atoms with van der Waals surface area (Å²) in [5.74, 6) is 0.925. The standard InChI is InChI=1S/C15H12FNO2/c16-13-4-6-14(7-5-13)18-8-9-19-15-3-1-2-12(10-15)11-17/h1-7,10H,8-9H2. The Balaban J connectivity index is 1.77. The molecule has 0 bridgehead atoms. The minimum atomic E-state index is -0.295. The Morgan fingerprint density at radius 2 is 1.63 bits per heavy atom. The SMILES string of the molecule is N#Cc1cccc(OCCOc2ccc(F)cc2)c1. The van der Waals surface area contributed by atoms with Gasteiger partial charge in [-0.1, -0.05) is 6.07 Å². The van der Waals surface area contributed by atoms with E-state index in [4.69, 9.17) is 14.7 Å². The zero-order valence-corrected chi connectivity index (χ0v) is 10.2. The maximum atomic E-state index is 12.7.